The molecule has 7 nitrogen and oxygen atoms in total. The van der Waals surface area contributed by atoms with Crippen molar-refractivity contribution >= 4 is 17.8 Å². The normalized spacial score (nSPS) is 26.1. The standard InChI is InChI=1S/C19H24N2O5/c1-19-10-14(18(24)25)21(15(19)11-19)17(23)12-20-16(22)8-5-9-26-13-6-3-2-4-7-13/h2-4,6-7,14-15H,5,8-12H2,1H3,(H,20,22)(H,24,25). The van der Waals surface area contributed by atoms with Crippen LogP contribution in [0.3, 0.4) is 0 Å². The molecule has 2 N–H and O–H groups in total. The van der Waals surface area contributed by atoms with Crippen molar-refractivity contribution in [1.82, 2.24) is 10.2 Å². The highest BCUT2D eigenvalue weighted by atomic mass is 16.5. The monoisotopic (exact) mass is 360 g/mol. The van der Waals surface area contributed by atoms with E-state index in [1.165, 1.54) is 4.90 Å². The molecular formula is C19H24N2O5. The first-order valence-corrected chi connectivity index (χ1v) is 8.89. The molecule has 1 aliphatic carbocycles. The van der Waals surface area contributed by atoms with E-state index in [1.54, 1.807) is 0 Å². The lowest BCUT2D eigenvalue weighted by molar-refractivity contribution is -0.149. The number of amides is 2. The third kappa shape index (κ3) is 3.98. The summed E-state index contributed by atoms with van der Waals surface area (Å²) in [6.07, 6.45) is 2.12. The molecule has 7 heteroatoms. The van der Waals surface area contributed by atoms with Gasteiger partial charge in [-0.1, -0.05) is 25.1 Å². The molecule has 3 unspecified atom stereocenters. The van der Waals surface area contributed by atoms with Crippen molar-refractivity contribution in [3.63, 3.8) is 0 Å². The van der Waals surface area contributed by atoms with Crippen molar-refractivity contribution < 1.29 is 24.2 Å². The molecule has 2 amide bonds. The van der Waals surface area contributed by atoms with Gasteiger partial charge in [-0.05, 0) is 36.8 Å². The van der Waals surface area contributed by atoms with E-state index in [2.05, 4.69) is 5.32 Å². The number of carboxylic acids is 1. The number of carboxylic acid groups (broad SMARTS) is 1. The molecule has 26 heavy (non-hydrogen) atoms. The van der Waals surface area contributed by atoms with E-state index in [-0.39, 0.29) is 36.2 Å². The van der Waals surface area contributed by atoms with Crippen molar-refractivity contribution in [1.29, 1.82) is 0 Å². The van der Waals surface area contributed by atoms with Gasteiger partial charge in [0.25, 0.3) is 0 Å². The Kier molecular flexibility index (Phi) is 5.15. The van der Waals surface area contributed by atoms with Crippen molar-refractivity contribution in [3.05, 3.63) is 30.3 Å². The fraction of sp³-hybridized carbons (Fsp3) is 0.526. The lowest BCUT2D eigenvalue weighted by Gasteiger charge is -2.24. The molecular weight excluding hydrogens is 336 g/mol. The third-order valence-corrected chi connectivity index (χ3v) is 5.21. The molecule has 3 rings (SSSR count). The second-order valence-electron chi connectivity index (χ2n) is 7.27. The summed E-state index contributed by atoms with van der Waals surface area (Å²) >= 11 is 0. The Balaban J connectivity index is 1.37. The molecule has 1 saturated carbocycles. The predicted octanol–water partition coefficient (Wildman–Crippen LogP) is 1.43. The maximum absolute atomic E-state index is 12.4. The topological polar surface area (TPSA) is 95.9 Å². The number of nitrogens with zero attached hydrogens (tertiary/aromatic N) is 1. The predicted molar refractivity (Wildman–Crippen MR) is 93.6 cm³/mol. The average Bonchev–Trinajstić information content (AvgIpc) is 3.18. The highest BCUT2D eigenvalue weighted by molar-refractivity contribution is 5.89. The third-order valence-electron chi connectivity index (χ3n) is 5.21. The zero-order valence-electron chi connectivity index (χ0n) is 14.8. The van der Waals surface area contributed by atoms with Crippen LogP contribution in [0.25, 0.3) is 0 Å². The lowest BCUT2D eigenvalue weighted by atomic mass is 10.0. The molecule has 0 aromatic heterocycles. The van der Waals surface area contributed by atoms with E-state index in [1.807, 2.05) is 37.3 Å². The molecule has 140 valence electrons. The second-order valence-corrected chi connectivity index (χ2v) is 7.27. The summed E-state index contributed by atoms with van der Waals surface area (Å²) in [5, 5.41) is 11.9. The van der Waals surface area contributed by atoms with Gasteiger partial charge < -0.3 is 20.1 Å². The van der Waals surface area contributed by atoms with Gasteiger partial charge in [0.05, 0.1) is 13.2 Å². The fourth-order valence-corrected chi connectivity index (χ4v) is 3.64. The summed E-state index contributed by atoms with van der Waals surface area (Å²) < 4.78 is 5.51. The van der Waals surface area contributed by atoms with Crippen LogP contribution in [0, 0.1) is 5.41 Å². The largest absolute Gasteiger partial charge is 0.494 e. The molecule has 3 atom stereocenters. The second kappa shape index (κ2) is 7.35. The molecule has 2 fully saturated rings. The Morgan fingerprint density at radius 2 is 2.00 bits per heavy atom. The van der Waals surface area contributed by atoms with Gasteiger partial charge in [0.1, 0.15) is 11.8 Å². The summed E-state index contributed by atoms with van der Waals surface area (Å²) in [5.41, 5.74) is -0.0719. The quantitative estimate of drug-likeness (QED) is 0.684. The number of benzene rings is 1. The highest BCUT2D eigenvalue weighted by Gasteiger charge is 2.64. The number of aliphatic carboxylic acids is 1. The minimum absolute atomic E-state index is 0.00715. The van der Waals surface area contributed by atoms with Crippen molar-refractivity contribution in [3.8, 4) is 5.75 Å². The number of fused-ring (bicyclic) bond motifs is 1. The van der Waals surface area contributed by atoms with Crippen LogP contribution in [-0.2, 0) is 14.4 Å². The zero-order valence-corrected chi connectivity index (χ0v) is 14.8. The minimum atomic E-state index is -0.976. The molecule has 0 radical (unpaired) electrons. The first-order chi connectivity index (χ1) is 12.4. The van der Waals surface area contributed by atoms with Gasteiger partial charge in [0.2, 0.25) is 11.8 Å². The fourth-order valence-electron chi connectivity index (χ4n) is 3.64. The maximum atomic E-state index is 12.4. The Morgan fingerprint density at radius 3 is 2.69 bits per heavy atom. The van der Waals surface area contributed by atoms with Crippen molar-refractivity contribution in [2.24, 2.45) is 5.41 Å². The van der Waals surface area contributed by atoms with Gasteiger partial charge in [0, 0.05) is 12.5 Å². The van der Waals surface area contributed by atoms with E-state index in [0.29, 0.717) is 19.4 Å². The van der Waals surface area contributed by atoms with Crippen LogP contribution in [0.2, 0.25) is 0 Å². The number of carbonyl (C=O) groups is 3. The van der Waals surface area contributed by atoms with Gasteiger partial charge in [-0.15, -0.1) is 0 Å². The van der Waals surface area contributed by atoms with Gasteiger partial charge in [-0.3, -0.25) is 9.59 Å². The Labute approximate surface area is 152 Å². The van der Waals surface area contributed by atoms with Gasteiger partial charge in [-0.2, -0.15) is 0 Å². The average molecular weight is 360 g/mol. The van der Waals surface area contributed by atoms with Crippen LogP contribution in [0.4, 0.5) is 0 Å². The SMILES string of the molecule is CC12CC(C(=O)O)N(C(=O)CNC(=O)CCCOc3ccccc3)C1C2. The summed E-state index contributed by atoms with van der Waals surface area (Å²) in [6, 6.07) is 8.56. The van der Waals surface area contributed by atoms with Crippen molar-refractivity contribution in [2.45, 2.75) is 44.7 Å². The van der Waals surface area contributed by atoms with E-state index in [0.717, 1.165) is 12.2 Å². The Bertz CT molecular complexity index is 692. The number of piperidine rings is 1. The summed E-state index contributed by atoms with van der Waals surface area (Å²) in [6.45, 7) is 2.26. The van der Waals surface area contributed by atoms with Crippen LogP contribution in [0.15, 0.2) is 30.3 Å². The Hall–Kier alpha value is -2.57. The first kappa shape index (κ1) is 18.2. The number of ether oxygens (including phenoxy) is 1. The van der Waals surface area contributed by atoms with Gasteiger partial charge >= 0.3 is 5.97 Å². The van der Waals surface area contributed by atoms with E-state index < -0.39 is 12.0 Å². The van der Waals surface area contributed by atoms with Crippen LogP contribution >= 0.6 is 0 Å². The summed E-state index contributed by atoms with van der Waals surface area (Å²) in [7, 11) is 0. The molecule has 1 aromatic carbocycles. The number of nitrogens with one attached hydrogen (secondary N) is 1. The van der Waals surface area contributed by atoms with Crippen LogP contribution in [-0.4, -0.2) is 53.0 Å². The number of para-hydroxylation sites is 1. The molecule has 0 spiro atoms. The number of hydrogen-bond donors (Lipinski definition) is 2. The van der Waals surface area contributed by atoms with E-state index in [4.69, 9.17) is 4.74 Å². The van der Waals surface area contributed by atoms with E-state index >= 15 is 0 Å². The van der Waals surface area contributed by atoms with Gasteiger partial charge in [-0.25, -0.2) is 4.79 Å². The maximum Gasteiger partial charge on any atom is 0.326 e. The molecule has 1 aromatic rings. The van der Waals surface area contributed by atoms with Crippen LogP contribution in [0.5, 0.6) is 5.75 Å². The Morgan fingerprint density at radius 1 is 1.27 bits per heavy atom. The number of likely N-dealkylation sites (tertiary alicyclic amines) is 1. The lowest BCUT2D eigenvalue weighted by Crippen LogP contribution is -2.47. The molecule has 1 saturated heterocycles. The van der Waals surface area contributed by atoms with Crippen molar-refractivity contribution in [2.75, 3.05) is 13.2 Å². The summed E-state index contributed by atoms with van der Waals surface area (Å²) in [5.74, 6) is -0.780. The van der Waals surface area contributed by atoms with E-state index in [9.17, 15) is 19.5 Å². The molecule has 2 aliphatic rings. The van der Waals surface area contributed by atoms with Crippen LogP contribution in [0.1, 0.15) is 32.6 Å². The number of rotatable bonds is 8. The van der Waals surface area contributed by atoms with Crippen LogP contribution < -0.4 is 10.1 Å². The smallest absolute Gasteiger partial charge is 0.326 e. The molecule has 0 bridgehead atoms. The zero-order chi connectivity index (χ0) is 18.7. The minimum Gasteiger partial charge on any atom is -0.494 e. The first-order valence-electron chi connectivity index (χ1n) is 8.89. The summed E-state index contributed by atoms with van der Waals surface area (Å²) in [4.78, 5) is 37.1. The number of hydrogen-bond acceptors (Lipinski definition) is 4. The molecule has 1 aliphatic heterocycles. The number of carbonyl (C=O) groups excluding carboxylic acids is 2. The molecule has 1 heterocycles. The highest BCUT2D eigenvalue weighted by Crippen LogP contribution is 2.59. The van der Waals surface area contributed by atoms with Gasteiger partial charge in [0.15, 0.2) is 0 Å².